The van der Waals surface area contributed by atoms with Gasteiger partial charge in [-0.05, 0) is 49.1 Å². The van der Waals surface area contributed by atoms with E-state index in [0.29, 0.717) is 17.9 Å². The molecule has 1 aliphatic carbocycles. The van der Waals surface area contributed by atoms with Crippen molar-refractivity contribution in [2.24, 2.45) is 7.05 Å². The van der Waals surface area contributed by atoms with Gasteiger partial charge in [0.05, 0.1) is 12.1 Å². The third-order valence-corrected chi connectivity index (χ3v) is 7.29. The summed E-state index contributed by atoms with van der Waals surface area (Å²) >= 11 is 6.02. The Morgan fingerprint density at radius 2 is 1.73 bits per heavy atom. The largest absolute Gasteiger partial charge is 0.573 e. The Balaban J connectivity index is 1.61. The molecule has 2 heterocycles. The van der Waals surface area contributed by atoms with Gasteiger partial charge < -0.3 is 14.6 Å². The minimum atomic E-state index is -4.89. The number of hydrogen-bond donors (Lipinski definition) is 1. The maximum atomic E-state index is 13.7. The van der Waals surface area contributed by atoms with Crippen molar-refractivity contribution in [2.75, 3.05) is 0 Å². The molecule has 2 aromatic carbocycles. The van der Waals surface area contributed by atoms with E-state index in [-0.39, 0.29) is 42.4 Å². The zero-order valence-corrected chi connectivity index (χ0v) is 22.2. The number of hydrogen-bond acceptors (Lipinski definition) is 6. The van der Waals surface area contributed by atoms with Crippen molar-refractivity contribution in [2.45, 2.75) is 57.2 Å². The average molecular weight is 579 g/mol. The predicted octanol–water partition coefficient (Wildman–Crippen LogP) is 4.98. The third kappa shape index (κ3) is 5.87. The number of aromatic nitrogens is 4. The van der Waals surface area contributed by atoms with E-state index in [2.05, 4.69) is 9.72 Å². The predicted molar refractivity (Wildman–Crippen MR) is 141 cm³/mol. The first-order valence-electron chi connectivity index (χ1n) is 12.6. The van der Waals surface area contributed by atoms with Crippen molar-refractivity contribution < 1.29 is 27.8 Å². The van der Waals surface area contributed by atoms with Crippen molar-refractivity contribution in [3.8, 4) is 17.5 Å². The van der Waals surface area contributed by atoms with Crippen LogP contribution in [0.3, 0.4) is 0 Å². The summed E-state index contributed by atoms with van der Waals surface area (Å²) in [7, 11) is 1.46. The van der Waals surface area contributed by atoms with Gasteiger partial charge >= 0.3 is 18.1 Å². The number of alkyl halides is 3. The molecule has 1 fully saturated rings. The zero-order chi connectivity index (χ0) is 28.7. The number of imidazole rings is 1. The lowest BCUT2D eigenvalue weighted by molar-refractivity contribution is -0.274. The summed E-state index contributed by atoms with van der Waals surface area (Å²) in [5, 5.41) is 11.3. The van der Waals surface area contributed by atoms with E-state index in [1.54, 1.807) is 24.3 Å². The summed E-state index contributed by atoms with van der Waals surface area (Å²) in [6, 6.07) is 11.6. The number of aryl methyl sites for hydroxylation is 1. The molecule has 0 unspecified atom stereocenters. The summed E-state index contributed by atoms with van der Waals surface area (Å²) in [6.45, 7) is 0.0935. The molecule has 13 heteroatoms. The fourth-order valence-electron chi connectivity index (χ4n) is 4.99. The van der Waals surface area contributed by atoms with Crippen LogP contribution in [0.25, 0.3) is 11.2 Å². The van der Waals surface area contributed by atoms with Crippen LogP contribution in [-0.4, -0.2) is 35.8 Å². The smallest absolute Gasteiger partial charge is 0.425 e. The molecule has 1 aliphatic rings. The molecule has 4 aromatic rings. The quantitative estimate of drug-likeness (QED) is 0.316. The van der Waals surface area contributed by atoms with Crippen LogP contribution in [0.5, 0.6) is 17.5 Å². The molecule has 2 aromatic heterocycles. The number of benzene rings is 2. The molecule has 0 amide bonds. The van der Waals surface area contributed by atoms with Gasteiger partial charge in [-0.3, -0.25) is 18.5 Å². The molecule has 1 N–H and O–H groups in total. The fraction of sp³-hybridized carbons (Fsp3) is 0.370. The minimum Gasteiger partial charge on any atom is -0.425 e. The van der Waals surface area contributed by atoms with E-state index in [0.717, 1.165) is 35.1 Å². The number of nitrogens with zero attached hydrogens (tertiary/aromatic N) is 4. The summed E-state index contributed by atoms with van der Waals surface area (Å²) in [5.74, 6) is -0.520. The molecule has 5 rings (SSSR count). The second kappa shape index (κ2) is 10.7. The van der Waals surface area contributed by atoms with Gasteiger partial charge in [0.15, 0.2) is 11.2 Å². The maximum absolute atomic E-state index is 13.7. The first-order valence-corrected chi connectivity index (χ1v) is 13.0. The summed E-state index contributed by atoms with van der Waals surface area (Å²) < 4.78 is 51.8. The van der Waals surface area contributed by atoms with Gasteiger partial charge in [-0.25, -0.2) is 4.79 Å². The van der Waals surface area contributed by atoms with Crippen LogP contribution < -0.4 is 20.7 Å². The van der Waals surface area contributed by atoms with E-state index in [1.807, 2.05) is 0 Å². The van der Waals surface area contributed by atoms with Crippen LogP contribution in [0.15, 0.2) is 58.1 Å². The first-order chi connectivity index (χ1) is 18.9. The van der Waals surface area contributed by atoms with Crippen molar-refractivity contribution in [3.05, 3.63) is 80.0 Å². The highest BCUT2D eigenvalue weighted by Crippen LogP contribution is 2.33. The SMILES string of the molecule is Cn1c(=O)n(CCC2(O)CCCC2)c(=O)c2c1nc(Oc1cccc(OC(F)(F)F)c1)n2Cc1ccc(Cl)cc1. The van der Waals surface area contributed by atoms with Gasteiger partial charge in [-0.15, -0.1) is 13.2 Å². The topological polar surface area (TPSA) is 101 Å². The number of fused-ring (bicyclic) bond motifs is 1. The molecule has 1 saturated carbocycles. The minimum absolute atomic E-state index is 0.0110. The van der Waals surface area contributed by atoms with Gasteiger partial charge in [-0.2, -0.15) is 4.98 Å². The number of rotatable bonds is 8. The molecule has 9 nitrogen and oxygen atoms in total. The highest BCUT2D eigenvalue weighted by atomic mass is 35.5. The van der Waals surface area contributed by atoms with Crippen molar-refractivity contribution in [1.29, 1.82) is 0 Å². The molecule has 0 spiro atoms. The molecule has 0 bridgehead atoms. The van der Waals surface area contributed by atoms with Gasteiger partial charge in [-0.1, -0.05) is 42.6 Å². The highest BCUT2D eigenvalue weighted by Gasteiger charge is 2.32. The Bertz CT molecular complexity index is 1650. The van der Waals surface area contributed by atoms with Crippen LogP contribution in [0, 0.1) is 0 Å². The number of aliphatic hydroxyl groups is 1. The van der Waals surface area contributed by atoms with E-state index in [4.69, 9.17) is 16.3 Å². The second-order valence-electron chi connectivity index (χ2n) is 9.88. The molecule has 0 atom stereocenters. The van der Waals surface area contributed by atoms with E-state index in [9.17, 15) is 27.9 Å². The Labute approximate surface area is 231 Å². The lowest BCUT2D eigenvalue weighted by Crippen LogP contribution is -2.41. The molecule has 40 heavy (non-hydrogen) atoms. The van der Waals surface area contributed by atoms with Crippen LogP contribution in [0.1, 0.15) is 37.7 Å². The monoisotopic (exact) mass is 578 g/mol. The summed E-state index contributed by atoms with van der Waals surface area (Å²) in [5.41, 5.74) is -1.33. The summed E-state index contributed by atoms with van der Waals surface area (Å²) in [4.78, 5) is 31.3. The highest BCUT2D eigenvalue weighted by molar-refractivity contribution is 6.30. The normalized spacial score (nSPS) is 15.1. The Hall–Kier alpha value is -3.77. The lowest BCUT2D eigenvalue weighted by Gasteiger charge is -2.22. The van der Waals surface area contributed by atoms with Gasteiger partial charge in [0.25, 0.3) is 5.56 Å². The van der Waals surface area contributed by atoms with Crippen LogP contribution >= 0.6 is 11.6 Å². The first kappa shape index (κ1) is 27.8. The molecular formula is C27H26ClF3N4O5. The second-order valence-corrected chi connectivity index (χ2v) is 10.3. The van der Waals surface area contributed by atoms with Crippen LogP contribution in [0.4, 0.5) is 13.2 Å². The standard InChI is InChI=1S/C27H26ClF3N4O5/c1-33-22-21(23(36)34(25(33)37)14-13-26(38)11-2-3-12-26)35(16-17-7-9-18(28)10-8-17)24(32-22)39-19-5-4-6-20(15-19)40-27(29,30)31/h4-10,15,38H,2-3,11-14,16H2,1H3. The summed E-state index contributed by atoms with van der Waals surface area (Å²) in [6.07, 6.45) is -1.68. The van der Waals surface area contributed by atoms with Crippen LogP contribution in [0.2, 0.25) is 5.02 Å². The lowest BCUT2D eigenvalue weighted by atomic mass is 9.98. The van der Waals surface area contributed by atoms with E-state index in [1.165, 1.54) is 28.3 Å². The van der Waals surface area contributed by atoms with Gasteiger partial charge in [0, 0.05) is 24.7 Å². The number of ether oxygens (including phenoxy) is 2. The molecule has 0 radical (unpaired) electrons. The van der Waals surface area contributed by atoms with E-state index >= 15 is 0 Å². The zero-order valence-electron chi connectivity index (χ0n) is 21.4. The Morgan fingerprint density at radius 3 is 2.40 bits per heavy atom. The molecule has 0 aliphatic heterocycles. The van der Waals surface area contributed by atoms with Crippen molar-refractivity contribution >= 4 is 22.8 Å². The fourth-order valence-corrected chi connectivity index (χ4v) is 5.12. The number of halogens is 4. The van der Waals surface area contributed by atoms with E-state index < -0.39 is 29.0 Å². The van der Waals surface area contributed by atoms with Crippen molar-refractivity contribution in [3.63, 3.8) is 0 Å². The third-order valence-electron chi connectivity index (χ3n) is 7.03. The van der Waals surface area contributed by atoms with Gasteiger partial charge in [0.1, 0.15) is 11.5 Å². The average Bonchev–Trinajstić information content (AvgIpc) is 3.47. The van der Waals surface area contributed by atoms with Gasteiger partial charge in [0.2, 0.25) is 0 Å². The molecular weight excluding hydrogens is 553 g/mol. The Kier molecular flexibility index (Phi) is 7.40. The Morgan fingerprint density at radius 1 is 1.05 bits per heavy atom. The van der Waals surface area contributed by atoms with Crippen molar-refractivity contribution in [1.82, 2.24) is 18.7 Å². The maximum Gasteiger partial charge on any atom is 0.573 e. The molecule has 0 saturated heterocycles. The molecule has 212 valence electrons. The van der Waals surface area contributed by atoms with Crippen LogP contribution in [-0.2, 0) is 20.1 Å².